The summed E-state index contributed by atoms with van der Waals surface area (Å²) in [4.78, 5) is 35.8. The van der Waals surface area contributed by atoms with Crippen LogP contribution in [-0.2, 0) is 33.3 Å². The van der Waals surface area contributed by atoms with Crippen LogP contribution < -0.4 is 0 Å². The molecule has 0 bridgehead atoms. The van der Waals surface area contributed by atoms with Crippen molar-refractivity contribution in [2.75, 3.05) is 19.8 Å². The second-order valence-electron chi connectivity index (χ2n) is 7.91. The first kappa shape index (κ1) is 25.3. The first-order valence-corrected chi connectivity index (χ1v) is 8.78. The van der Waals surface area contributed by atoms with Gasteiger partial charge in [0.2, 0.25) is 0 Å². The standard InChI is InChI=1S/C18H32O9/c1-17(2,3)26-12(20)11-25-14(16(23)27-18(4,5)6)13(15(21)22)24-10-8-7-9-19/h13-14,19H,7-11H2,1-6H3,(H,21,22)/t13-,14-/m1/s1. The fourth-order valence-electron chi connectivity index (χ4n) is 1.88. The monoisotopic (exact) mass is 392 g/mol. The maximum absolute atomic E-state index is 12.4. The molecule has 0 saturated heterocycles. The Bertz CT molecular complexity index is 488. The Kier molecular flexibility index (Phi) is 10.5. The largest absolute Gasteiger partial charge is 0.479 e. The molecule has 0 saturated carbocycles. The Morgan fingerprint density at radius 1 is 0.852 bits per heavy atom. The molecular weight excluding hydrogens is 360 g/mol. The molecule has 0 aromatic rings. The molecule has 0 aliphatic carbocycles. The number of carbonyl (C=O) groups excluding carboxylic acids is 2. The molecule has 0 aromatic carbocycles. The summed E-state index contributed by atoms with van der Waals surface area (Å²) in [6, 6.07) is 0. The Morgan fingerprint density at radius 3 is 1.85 bits per heavy atom. The molecular formula is C18H32O9. The lowest BCUT2D eigenvalue weighted by molar-refractivity contribution is -0.192. The predicted molar refractivity (Wildman–Crippen MR) is 95.1 cm³/mol. The van der Waals surface area contributed by atoms with Gasteiger partial charge in [0.1, 0.15) is 17.8 Å². The van der Waals surface area contributed by atoms with E-state index in [-0.39, 0.29) is 13.2 Å². The Morgan fingerprint density at radius 2 is 1.41 bits per heavy atom. The first-order valence-electron chi connectivity index (χ1n) is 8.78. The van der Waals surface area contributed by atoms with Gasteiger partial charge in [0.15, 0.2) is 12.2 Å². The highest BCUT2D eigenvalue weighted by Crippen LogP contribution is 2.15. The number of carboxylic acid groups (broad SMARTS) is 1. The van der Waals surface area contributed by atoms with Crippen LogP contribution >= 0.6 is 0 Å². The van der Waals surface area contributed by atoms with Crippen LogP contribution in [0, 0.1) is 0 Å². The molecule has 0 rings (SSSR count). The van der Waals surface area contributed by atoms with Crippen molar-refractivity contribution in [3.8, 4) is 0 Å². The molecule has 0 fully saturated rings. The normalized spacial score (nSPS) is 14.3. The van der Waals surface area contributed by atoms with Crippen molar-refractivity contribution in [1.82, 2.24) is 0 Å². The highest BCUT2D eigenvalue weighted by Gasteiger charge is 2.39. The van der Waals surface area contributed by atoms with Gasteiger partial charge in [-0.1, -0.05) is 0 Å². The molecule has 0 aliphatic heterocycles. The van der Waals surface area contributed by atoms with Crippen LogP contribution in [0.3, 0.4) is 0 Å². The lowest BCUT2D eigenvalue weighted by Crippen LogP contribution is -2.47. The summed E-state index contributed by atoms with van der Waals surface area (Å²) >= 11 is 0. The van der Waals surface area contributed by atoms with Crippen LogP contribution in [0.15, 0.2) is 0 Å². The van der Waals surface area contributed by atoms with E-state index in [1.165, 1.54) is 0 Å². The van der Waals surface area contributed by atoms with E-state index in [0.717, 1.165) is 0 Å². The average Bonchev–Trinajstić information content (AvgIpc) is 2.45. The molecule has 27 heavy (non-hydrogen) atoms. The molecule has 0 unspecified atom stereocenters. The highest BCUT2D eigenvalue weighted by molar-refractivity contribution is 5.85. The number of hydrogen-bond donors (Lipinski definition) is 2. The maximum atomic E-state index is 12.4. The van der Waals surface area contributed by atoms with Gasteiger partial charge < -0.3 is 29.2 Å². The fraction of sp³-hybridized carbons (Fsp3) is 0.833. The van der Waals surface area contributed by atoms with Gasteiger partial charge in [-0.2, -0.15) is 0 Å². The number of rotatable bonds is 11. The van der Waals surface area contributed by atoms with Crippen molar-refractivity contribution in [3.05, 3.63) is 0 Å². The van der Waals surface area contributed by atoms with E-state index >= 15 is 0 Å². The zero-order valence-corrected chi connectivity index (χ0v) is 16.9. The average molecular weight is 392 g/mol. The predicted octanol–water partition coefficient (Wildman–Crippen LogP) is 1.30. The minimum atomic E-state index is -1.67. The molecule has 9 heteroatoms. The van der Waals surface area contributed by atoms with Crippen LogP contribution in [0.4, 0.5) is 0 Å². The summed E-state index contributed by atoms with van der Waals surface area (Å²) in [6.07, 6.45) is -2.50. The van der Waals surface area contributed by atoms with E-state index in [4.69, 9.17) is 24.1 Å². The summed E-state index contributed by atoms with van der Waals surface area (Å²) in [6.45, 7) is 9.15. The molecule has 0 aromatic heterocycles. The number of carboxylic acids is 1. The third-order valence-corrected chi connectivity index (χ3v) is 2.81. The maximum Gasteiger partial charge on any atom is 0.339 e. The number of ether oxygens (including phenoxy) is 4. The quantitative estimate of drug-likeness (QED) is 0.395. The zero-order chi connectivity index (χ0) is 21.3. The third-order valence-electron chi connectivity index (χ3n) is 2.81. The number of unbranched alkanes of at least 4 members (excludes halogenated alkanes) is 1. The first-order chi connectivity index (χ1) is 12.3. The number of carbonyl (C=O) groups is 3. The van der Waals surface area contributed by atoms with Crippen molar-refractivity contribution in [2.24, 2.45) is 0 Å². The van der Waals surface area contributed by atoms with Gasteiger partial charge in [-0.3, -0.25) is 0 Å². The van der Waals surface area contributed by atoms with Gasteiger partial charge in [0.05, 0.1) is 0 Å². The van der Waals surface area contributed by atoms with E-state index in [2.05, 4.69) is 0 Å². The second-order valence-corrected chi connectivity index (χ2v) is 7.91. The van der Waals surface area contributed by atoms with Crippen LogP contribution in [0.1, 0.15) is 54.4 Å². The minimum Gasteiger partial charge on any atom is -0.479 e. The van der Waals surface area contributed by atoms with Crippen molar-refractivity contribution in [3.63, 3.8) is 0 Å². The van der Waals surface area contributed by atoms with Crippen LogP contribution in [0.5, 0.6) is 0 Å². The molecule has 9 nitrogen and oxygen atoms in total. The topological polar surface area (TPSA) is 129 Å². The molecule has 0 aliphatic rings. The summed E-state index contributed by atoms with van der Waals surface area (Å²) in [5.74, 6) is -3.14. The molecule has 0 radical (unpaired) electrons. The third kappa shape index (κ3) is 12.3. The molecule has 0 amide bonds. The number of hydrogen-bond acceptors (Lipinski definition) is 8. The van der Waals surface area contributed by atoms with Gasteiger partial charge in [-0.15, -0.1) is 0 Å². The second kappa shape index (κ2) is 11.2. The van der Waals surface area contributed by atoms with E-state index in [1.807, 2.05) is 0 Å². The van der Waals surface area contributed by atoms with Crippen molar-refractivity contribution < 1.29 is 43.5 Å². The van der Waals surface area contributed by atoms with E-state index < -0.39 is 47.9 Å². The summed E-state index contributed by atoms with van der Waals surface area (Å²) in [5, 5.41) is 18.2. The number of aliphatic carboxylic acids is 1. The number of aliphatic hydroxyl groups is 1. The van der Waals surface area contributed by atoms with Crippen LogP contribution in [0.2, 0.25) is 0 Å². The number of esters is 2. The zero-order valence-electron chi connectivity index (χ0n) is 16.9. The van der Waals surface area contributed by atoms with Gasteiger partial charge in [0, 0.05) is 13.2 Å². The van der Waals surface area contributed by atoms with Crippen molar-refractivity contribution >= 4 is 17.9 Å². The minimum absolute atomic E-state index is 0.00732. The van der Waals surface area contributed by atoms with Gasteiger partial charge >= 0.3 is 17.9 Å². The van der Waals surface area contributed by atoms with Crippen molar-refractivity contribution in [1.29, 1.82) is 0 Å². The Hall–Kier alpha value is -1.71. The highest BCUT2D eigenvalue weighted by atomic mass is 16.6. The molecule has 2 N–H and O–H groups in total. The summed E-state index contributed by atoms with van der Waals surface area (Å²) < 4.78 is 20.8. The van der Waals surface area contributed by atoms with Gasteiger partial charge in [0.25, 0.3) is 0 Å². The number of aliphatic hydroxyl groups excluding tert-OH is 1. The lowest BCUT2D eigenvalue weighted by atomic mass is 10.1. The van der Waals surface area contributed by atoms with Gasteiger partial charge in [-0.25, -0.2) is 14.4 Å². The molecule has 0 heterocycles. The Balaban J connectivity index is 5.20. The van der Waals surface area contributed by atoms with Crippen molar-refractivity contribution in [2.45, 2.75) is 77.8 Å². The molecule has 158 valence electrons. The molecule has 0 spiro atoms. The van der Waals surface area contributed by atoms with E-state index in [0.29, 0.717) is 12.8 Å². The van der Waals surface area contributed by atoms with E-state index in [1.54, 1.807) is 41.5 Å². The van der Waals surface area contributed by atoms with E-state index in [9.17, 15) is 19.5 Å². The smallest absolute Gasteiger partial charge is 0.339 e. The van der Waals surface area contributed by atoms with Crippen LogP contribution in [-0.4, -0.2) is 71.4 Å². The summed E-state index contributed by atoms with van der Waals surface area (Å²) in [7, 11) is 0. The lowest BCUT2D eigenvalue weighted by Gasteiger charge is -2.27. The van der Waals surface area contributed by atoms with Crippen LogP contribution in [0.25, 0.3) is 0 Å². The van der Waals surface area contributed by atoms with Gasteiger partial charge in [-0.05, 0) is 54.4 Å². The fourth-order valence-corrected chi connectivity index (χ4v) is 1.88. The Labute approximate surface area is 159 Å². The molecule has 2 atom stereocenters. The SMILES string of the molecule is CC(C)(C)OC(=O)CO[C@@H](C(=O)OC(C)(C)C)[C@@H](OCCCCO)C(=O)O. The summed E-state index contributed by atoms with van der Waals surface area (Å²) in [5.41, 5.74) is -1.64.